The van der Waals surface area contributed by atoms with Crippen LogP contribution in [0.1, 0.15) is 21.5 Å². The molecule has 0 radical (unpaired) electrons. The van der Waals surface area contributed by atoms with Gasteiger partial charge in [-0.05, 0) is 87.1 Å². The summed E-state index contributed by atoms with van der Waals surface area (Å²) in [6.07, 6.45) is 1.51. The minimum Gasteiger partial charge on any atom is -0.487 e. The number of nitro benzene ring substituents is 1. The Morgan fingerprint density at radius 1 is 1.09 bits per heavy atom. The maximum absolute atomic E-state index is 12.1. The minimum atomic E-state index is -0.527. The molecule has 164 valence electrons. The molecule has 3 aromatic rings. The largest absolute Gasteiger partial charge is 0.487 e. The molecule has 0 bridgehead atoms. The van der Waals surface area contributed by atoms with E-state index in [0.717, 1.165) is 18.3 Å². The third-order valence-corrected chi connectivity index (χ3v) is 6.32. The Bertz CT molecular complexity index is 1180. The number of amides is 1. The number of hydrazone groups is 1. The zero-order chi connectivity index (χ0) is 23.3. The van der Waals surface area contributed by atoms with E-state index in [1.54, 1.807) is 12.1 Å². The molecule has 0 aliphatic carbocycles. The molecule has 0 fully saturated rings. The number of nitrogens with one attached hydrogen (secondary N) is 1. The summed E-state index contributed by atoms with van der Waals surface area (Å²) in [6.45, 7) is 0.292. The SMILES string of the molecule is O=C(N/N=C/c1cc(I)c(OCc2ccc(Cl)cc2Cl)c(I)c1)c1ccc([N+](=O)[O-])cc1. The number of rotatable bonds is 7. The van der Waals surface area contributed by atoms with Gasteiger partial charge < -0.3 is 4.74 Å². The summed E-state index contributed by atoms with van der Waals surface area (Å²) in [5.41, 5.74) is 4.17. The number of benzene rings is 3. The first-order chi connectivity index (χ1) is 15.2. The maximum Gasteiger partial charge on any atom is 0.271 e. The number of ether oxygens (including phenoxy) is 1. The summed E-state index contributed by atoms with van der Waals surface area (Å²) < 4.78 is 7.68. The molecular weight excluding hydrogens is 683 g/mol. The highest BCUT2D eigenvalue weighted by Crippen LogP contribution is 2.30. The van der Waals surface area contributed by atoms with Gasteiger partial charge in [-0.2, -0.15) is 5.10 Å². The fraction of sp³-hybridized carbons (Fsp3) is 0.0476. The van der Waals surface area contributed by atoms with Crippen molar-refractivity contribution in [3.63, 3.8) is 0 Å². The number of hydrogen-bond acceptors (Lipinski definition) is 5. The smallest absolute Gasteiger partial charge is 0.271 e. The zero-order valence-corrected chi connectivity index (χ0v) is 21.8. The highest BCUT2D eigenvalue weighted by atomic mass is 127. The number of hydrogen-bond donors (Lipinski definition) is 1. The van der Waals surface area contributed by atoms with E-state index in [9.17, 15) is 14.9 Å². The molecule has 3 aromatic carbocycles. The van der Waals surface area contributed by atoms with Crippen LogP contribution < -0.4 is 10.2 Å². The van der Waals surface area contributed by atoms with Crippen LogP contribution in [0.3, 0.4) is 0 Å². The molecule has 0 heterocycles. The number of halogens is 4. The predicted molar refractivity (Wildman–Crippen MR) is 141 cm³/mol. The summed E-state index contributed by atoms with van der Waals surface area (Å²) >= 11 is 16.5. The lowest BCUT2D eigenvalue weighted by Crippen LogP contribution is -2.17. The summed E-state index contributed by atoms with van der Waals surface area (Å²) in [6, 6.07) is 14.2. The zero-order valence-electron chi connectivity index (χ0n) is 16.0. The predicted octanol–water partition coefficient (Wildman–Crippen LogP) is 6.45. The van der Waals surface area contributed by atoms with E-state index < -0.39 is 10.8 Å². The van der Waals surface area contributed by atoms with Crippen molar-refractivity contribution in [3.8, 4) is 5.75 Å². The van der Waals surface area contributed by atoms with E-state index in [2.05, 4.69) is 55.7 Å². The van der Waals surface area contributed by atoms with E-state index in [-0.39, 0.29) is 11.3 Å². The van der Waals surface area contributed by atoms with E-state index in [1.807, 2.05) is 18.2 Å². The van der Waals surface area contributed by atoms with Crippen LogP contribution in [0, 0.1) is 17.3 Å². The van der Waals surface area contributed by atoms with Crippen molar-refractivity contribution in [3.05, 3.63) is 98.6 Å². The summed E-state index contributed by atoms with van der Waals surface area (Å²) in [5.74, 6) is 0.240. The summed E-state index contributed by atoms with van der Waals surface area (Å²) in [7, 11) is 0. The van der Waals surface area contributed by atoms with Gasteiger partial charge in [0.2, 0.25) is 0 Å². The Kier molecular flexibility index (Phi) is 8.68. The van der Waals surface area contributed by atoms with Crippen molar-refractivity contribution >= 4 is 86.2 Å². The first-order valence-electron chi connectivity index (χ1n) is 8.88. The van der Waals surface area contributed by atoms with Crippen LogP contribution in [-0.2, 0) is 6.61 Å². The number of nitro groups is 1. The Morgan fingerprint density at radius 2 is 1.75 bits per heavy atom. The third-order valence-electron chi connectivity index (χ3n) is 4.13. The quantitative estimate of drug-likeness (QED) is 0.133. The summed E-state index contributed by atoms with van der Waals surface area (Å²) in [5, 5.41) is 15.8. The second kappa shape index (κ2) is 11.3. The molecule has 1 N–H and O–H groups in total. The highest BCUT2D eigenvalue weighted by Gasteiger charge is 2.11. The van der Waals surface area contributed by atoms with Crippen molar-refractivity contribution in [1.29, 1.82) is 0 Å². The highest BCUT2D eigenvalue weighted by molar-refractivity contribution is 14.1. The van der Waals surface area contributed by atoms with Gasteiger partial charge in [0, 0.05) is 33.3 Å². The summed E-state index contributed by atoms with van der Waals surface area (Å²) in [4.78, 5) is 22.3. The standard InChI is InChI=1S/C21H13Cl2I2N3O4/c22-15-4-1-14(17(23)9-15)11-32-20-18(24)7-12(8-19(20)25)10-26-27-21(29)13-2-5-16(6-3-13)28(30)31/h1-10H,11H2,(H,27,29)/b26-10+. The van der Waals surface area contributed by atoms with Gasteiger partial charge in [-0.1, -0.05) is 29.3 Å². The van der Waals surface area contributed by atoms with Gasteiger partial charge in [-0.3, -0.25) is 14.9 Å². The normalized spacial score (nSPS) is 10.9. The van der Waals surface area contributed by atoms with Gasteiger partial charge in [-0.15, -0.1) is 0 Å². The topological polar surface area (TPSA) is 93.8 Å². The van der Waals surface area contributed by atoms with Crippen LogP contribution in [-0.4, -0.2) is 17.0 Å². The molecule has 0 saturated carbocycles. The second-order valence-electron chi connectivity index (χ2n) is 6.34. The van der Waals surface area contributed by atoms with Crippen molar-refractivity contribution in [2.24, 2.45) is 5.10 Å². The first-order valence-corrected chi connectivity index (χ1v) is 11.8. The van der Waals surface area contributed by atoms with Gasteiger partial charge in [-0.25, -0.2) is 5.43 Å². The molecule has 0 unspecified atom stereocenters. The van der Waals surface area contributed by atoms with Gasteiger partial charge in [0.1, 0.15) is 12.4 Å². The lowest BCUT2D eigenvalue weighted by Gasteiger charge is -2.12. The van der Waals surface area contributed by atoms with E-state index in [1.165, 1.54) is 30.5 Å². The molecule has 0 spiro atoms. The Balaban J connectivity index is 1.64. The van der Waals surface area contributed by atoms with Crippen LogP contribution in [0.15, 0.2) is 59.7 Å². The van der Waals surface area contributed by atoms with Gasteiger partial charge in [0.05, 0.1) is 18.3 Å². The fourth-order valence-electron chi connectivity index (χ4n) is 2.55. The second-order valence-corrected chi connectivity index (χ2v) is 9.51. The molecule has 32 heavy (non-hydrogen) atoms. The van der Waals surface area contributed by atoms with E-state index in [0.29, 0.717) is 22.4 Å². The molecule has 0 aliphatic rings. The van der Waals surface area contributed by atoms with Crippen molar-refractivity contribution in [2.45, 2.75) is 6.61 Å². The van der Waals surface area contributed by atoms with Crippen LogP contribution in [0.5, 0.6) is 5.75 Å². The lowest BCUT2D eigenvalue weighted by molar-refractivity contribution is -0.384. The molecule has 0 atom stereocenters. The molecule has 0 aromatic heterocycles. The maximum atomic E-state index is 12.1. The monoisotopic (exact) mass is 695 g/mol. The first kappa shape index (κ1) is 24.7. The number of carbonyl (C=O) groups is 1. The van der Waals surface area contributed by atoms with Crippen molar-refractivity contribution in [1.82, 2.24) is 5.43 Å². The van der Waals surface area contributed by atoms with Crippen LogP contribution in [0.4, 0.5) is 5.69 Å². The number of nitrogens with zero attached hydrogens (tertiary/aromatic N) is 2. The molecule has 1 amide bonds. The average molecular weight is 696 g/mol. The molecule has 11 heteroatoms. The molecule has 7 nitrogen and oxygen atoms in total. The van der Waals surface area contributed by atoms with Crippen LogP contribution >= 0.6 is 68.4 Å². The average Bonchev–Trinajstić information content (AvgIpc) is 2.74. The minimum absolute atomic E-state index is 0.0881. The van der Waals surface area contributed by atoms with Crippen molar-refractivity contribution in [2.75, 3.05) is 0 Å². The third kappa shape index (κ3) is 6.53. The molecule has 0 saturated heterocycles. The van der Waals surface area contributed by atoms with E-state index >= 15 is 0 Å². The molecule has 0 aliphatic heterocycles. The van der Waals surface area contributed by atoms with E-state index in [4.69, 9.17) is 27.9 Å². The van der Waals surface area contributed by atoms with Gasteiger partial charge >= 0.3 is 0 Å². The Labute approximate surface area is 220 Å². The van der Waals surface area contributed by atoms with Crippen molar-refractivity contribution < 1.29 is 14.5 Å². The lowest BCUT2D eigenvalue weighted by atomic mass is 10.2. The number of non-ortho nitro benzene ring substituents is 1. The number of carbonyl (C=O) groups excluding carboxylic acids is 1. The molecular formula is C21H13Cl2I2N3O4. The van der Waals surface area contributed by atoms with Gasteiger partial charge in [0.15, 0.2) is 0 Å². The van der Waals surface area contributed by atoms with Crippen LogP contribution in [0.2, 0.25) is 10.0 Å². The molecule has 3 rings (SSSR count). The fourth-order valence-corrected chi connectivity index (χ4v) is 5.14. The Hall–Kier alpha value is -1.96. The van der Waals surface area contributed by atoms with Gasteiger partial charge in [0.25, 0.3) is 11.6 Å². The van der Waals surface area contributed by atoms with Crippen LogP contribution in [0.25, 0.3) is 0 Å². The Morgan fingerprint density at radius 3 is 2.34 bits per heavy atom.